The van der Waals surface area contributed by atoms with Gasteiger partial charge in [0.2, 0.25) is 0 Å². The van der Waals surface area contributed by atoms with Crippen LogP contribution in [0.3, 0.4) is 0 Å². The minimum absolute atomic E-state index is 0.0000652. The molecule has 138 valence electrons. The van der Waals surface area contributed by atoms with Crippen molar-refractivity contribution in [1.29, 1.82) is 0 Å². The number of aryl methyl sites for hydroxylation is 2. The number of rotatable bonds is 6. The van der Waals surface area contributed by atoms with Crippen LogP contribution < -0.4 is 10.1 Å². The van der Waals surface area contributed by atoms with Crippen molar-refractivity contribution in [1.82, 2.24) is 5.32 Å². The maximum Gasteiger partial charge on any atom is 0.251 e. The van der Waals surface area contributed by atoms with Crippen LogP contribution in [0.25, 0.3) is 0 Å². The first-order valence-electron chi connectivity index (χ1n) is 9.47. The zero-order chi connectivity index (χ0) is 18.5. The van der Waals surface area contributed by atoms with Crippen LogP contribution in [0.2, 0.25) is 5.02 Å². The fourth-order valence-electron chi connectivity index (χ4n) is 3.55. The molecular weight excluding hydrogens is 346 g/mol. The number of carbonyl (C=O) groups is 1. The van der Waals surface area contributed by atoms with E-state index in [1.165, 1.54) is 36.0 Å². The molecule has 1 atom stereocenters. The van der Waals surface area contributed by atoms with Crippen molar-refractivity contribution in [3.63, 3.8) is 0 Å². The van der Waals surface area contributed by atoms with Gasteiger partial charge in [-0.15, -0.1) is 0 Å². The fraction of sp³-hybridized carbons (Fsp3) is 0.409. The molecule has 0 saturated carbocycles. The van der Waals surface area contributed by atoms with Gasteiger partial charge in [-0.2, -0.15) is 0 Å². The monoisotopic (exact) mass is 371 g/mol. The number of amides is 1. The predicted octanol–water partition coefficient (Wildman–Crippen LogP) is 5.50. The zero-order valence-electron chi connectivity index (χ0n) is 15.5. The van der Waals surface area contributed by atoms with Crippen LogP contribution in [-0.4, -0.2) is 12.5 Å². The highest BCUT2D eigenvalue weighted by atomic mass is 35.5. The van der Waals surface area contributed by atoms with Crippen molar-refractivity contribution < 1.29 is 9.53 Å². The van der Waals surface area contributed by atoms with Gasteiger partial charge in [0.25, 0.3) is 5.91 Å². The maximum absolute atomic E-state index is 12.7. The van der Waals surface area contributed by atoms with Crippen LogP contribution in [0.4, 0.5) is 0 Å². The van der Waals surface area contributed by atoms with E-state index in [4.69, 9.17) is 16.3 Å². The van der Waals surface area contributed by atoms with Crippen LogP contribution in [0.5, 0.6) is 5.75 Å². The highest BCUT2D eigenvalue weighted by Gasteiger charge is 2.17. The summed E-state index contributed by atoms with van der Waals surface area (Å²) in [6.07, 6.45) is 5.68. The Hall–Kier alpha value is -2.00. The van der Waals surface area contributed by atoms with Gasteiger partial charge >= 0.3 is 0 Å². The van der Waals surface area contributed by atoms with Crippen LogP contribution in [0.15, 0.2) is 36.4 Å². The second-order valence-corrected chi connectivity index (χ2v) is 7.15. The van der Waals surface area contributed by atoms with Crippen molar-refractivity contribution >= 4 is 17.5 Å². The molecule has 0 heterocycles. The summed E-state index contributed by atoms with van der Waals surface area (Å²) in [5.74, 6) is 0.493. The lowest BCUT2D eigenvalue weighted by molar-refractivity contribution is 0.0935. The molecule has 1 aliphatic rings. The third kappa shape index (κ3) is 4.21. The Bertz CT molecular complexity index is 788. The Kier molecular flexibility index (Phi) is 6.20. The number of carbonyl (C=O) groups excluding carboxylic acids is 1. The Morgan fingerprint density at radius 2 is 1.88 bits per heavy atom. The molecular formula is C22H26ClNO2. The topological polar surface area (TPSA) is 38.3 Å². The van der Waals surface area contributed by atoms with Gasteiger partial charge in [-0.05, 0) is 73.9 Å². The zero-order valence-corrected chi connectivity index (χ0v) is 16.2. The van der Waals surface area contributed by atoms with Gasteiger partial charge < -0.3 is 10.1 Å². The highest BCUT2D eigenvalue weighted by Crippen LogP contribution is 2.28. The summed E-state index contributed by atoms with van der Waals surface area (Å²) >= 11 is 6.21. The van der Waals surface area contributed by atoms with Crippen molar-refractivity contribution in [3.8, 4) is 5.75 Å². The minimum Gasteiger partial charge on any atom is -0.492 e. The van der Waals surface area contributed by atoms with Gasteiger partial charge in [-0.1, -0.05) is 36.7 Å². The van der Waals surface area contributed by atoms with Crippen molar-refractivity contribution in [2.24, 2.45) is 0 Å². The molecule has 3 nitrogen and oxygen atoms in total. The molecule has 0 fully saturated rings. The summed E-state index contributed by atoms with van der Waals surface area (Å²) in [5.41, 5.74) is 4.62. The van der Waals surface area contributed by atoms with Crippen molar-refractivity contribution in [2.75, 3.05) is 6.61 Å². The molecule has 4 heteroatoms. The van der Waals surface area contributed by atoms with Crippen LogP contribution >= 0.6 is 11.6 Å². The Morgan fingerprint density at radius 3 is 2.58 bits per heavy atom. The molecule has 0 aliphatic heterocycles. The van der Waals surface area contributed by atoms with E-state index in [-0.39, 0.29) is 11.9 Å². The van der Waals surface area contributed by atoms with E-state index in [1.54, 1.807) is 18.2 Å². The van der Waals surface area contributed by atoms with E-state index in [0.29, 0.717) is 22.9 Å². The summed E-state index contributed by atoms with van der Waals surface area (Å²) in [7, 11) is 0. The average molecular weight is 372 g/mol. The molecule has 0 bridgehead atoms. The lowest BCUT2D eigenvalue weighted by atomic mass is 9.88. The van der Waals surface area contributed by atoms with Gasteiger partial charge in [-0.3, -0.25) is 4.79 Å². The molecule has 0 aromatic heterocycles. The summed E-state index contributed by atoms with van der Waals surface area (Å²) in [5, 5.41) is 3.61. The Labute approximate surface area is 160 Å². The average Bonchev–Trinajstić information content (AvgIpc) is 2.67. The van der Waals surface area contributed by atoms with Gasteiger partial charge in [0.15, 0.2) is 0 Å². The first kappa shape index (κ1) is 18.8. The predicted molar refractivity (Wildman–Crippen MR) is 106 cm³/mol. The molecule has 0 spiro atoms. The largest absolute Gasteiger partial charge is 0.492 e. The standard InChI is InChI=1S/C22H26ClNO2/c1-3-20(17-10-9-15-7-5-6-8-16(15)13-17)24-22(25)18-11-12-21(26-4-2)19(23)14-18/h9-14,20H,3-8H2,1-2H3,(H,24,25)/t20-/m0/s1. The minimum atomic E-state index is -0.112. The lowest BCUT2D eigenvalue weighted by Gasteiger charge is -2.22. The van der Waals surface area contributed by atoms with E-state index in [1.807, 2.05) is 6.92 Å². The summed E-state index contributed by atoms with van der Waals surface area (Å²) in [6, 6.07) is 11.8. The number of nitrogens with one attached hydrogen (secondary N) is 1. The molecule has 0 radical (unpaired) electrons. The van der Waals surface area contributed by atoms with Crippen LogP contribution in [0.1, 0.15) is 66.2 Å². The second kappa shape index (κ2) is 8.59. The molecule has 3 rings (SSSR count). The first-order chi connectivity index (χ1) is 12.6. The van der Waals surface area contributed by atoms with Gasteiger partial charge in [0, 0.05) is 5.56 Å². The van der Waals surface area contributed by atoms with Crippen LogP contribution in [-0.2, 0) is 12.8 Å². The fourth-order valence-corrected chi connectivity index (χ4v) is 3.78. The molecule has 0 saturated heterocycles. The van der Waals surface area contributed by atoms with E-state index in [0.717, 1.165) is 12.8 Å². The first-order valence-corrected chi connectivity index (χ1v) is 9.85. The summed E-state index contributed by atoms with van der Waals surface area (Å²) < 4.78 is 5.43. The van der Waals surface area contributed by atoms with E-state index >= 15 is 0 Å². The highest BCUT2D eigenvalue weighted by molar-refractivity contribution is 6.32. The van der Waals surface area contributed by atoms with Gasteiger partial charge in [0.1, 0.15) is 5.75 Å². The maximum atomic E-state index is 12.7. The van der Waals surface area contributed by atoms with Crippen molar-refractivity contribution in [2.45, 2.75) is 52.0 Å². The van der Waals surface area contributed by atoms with Crippen molar-refractivity contribution in [3.05, 3.63) is 63.7 Å². The molecule has 1 N–H and O–H groups in total. The molecule has 2 aromatic carbocycles. The summed E-state index contributed by atoms with van der Waals surface area (Å²) in [4.78, 5) is 12.7. The summed E-state index contributed by atoms with van der Waals surface area (Å²) in [6.45, 7) is 4.54. The number of halogens is 1. The molecule has 26 heavy (non-hydrogen) atoms. The molecule has 2 aromatic rings. The molecule has 0 unspecified atom stereocenters. The molecule has 1 amide bonds. The number of fused-ring (bicyclic) bond motifs is 1. The second-order valence-electron chi connectivity index (χ2n) is 6.75. The SMILES string of the molecule is CCOc1ccc(C(=O)N[C@@H](CC)c2ccc3c(c2)CCCC3)cc1Cl. The van der Waals surface area contributed by atoms with Gasteiger partial charge in [0.05, 0.1) is 17.7 Å². The van der Waals surface area contributed by atoms with E-state index in [9.17, 15) is 4.79 Å². The Balaban J connectivity index is 1.75. The molecule has 1 aliphatic carbocycles. The van der Waals surface area contributed by atoms with E-state index < -0.39 is 0 Å². The third-order valence-electron chi connectivity index (χ3n) is 4.98. The smallest absolute Gasteiger partial charge is 0.251 e. The number of ether oxygens (including phenoxy) is 1. The number of benzene rings is 2. The Morgan fingerprint density at radius 1 is 1.12 bits per heavy atom. The lowest BCUT2D eigenvalue weighted by Crippen LogP contribution is -2.28. The third-order valence-corrected chi connectivity index (χ3v) is 5.28. The van der Waals surface area contributed by atoms with Crippen LogP contribution in [0, 0.1) is 0 Å². The quantitative estimate of drug-likeness (QED) is 0.728. The number of hydrogen-bond donors (Lipinski definition) is 1. The van der Waals surface area contributed by atoms with Gasteiger partial charge in [-0.25, -0.2) is 0 Å². The normalized spacial score (nSPS) is 14.4. The number of hydrogen-bond acceptors (Lipinski definition) is 2. The van der Waals surface area contributed by atoms with E-state index in [2.05, 4.69) is 30.4 Å².